The van der Waals surface area contributed by atoms with Crippen molar-refractivity contribution in [3.05, 3.63) is 17.2 Å². The molecule has 1 aromatic heterocycles. The van der Waals surface area contributed by atoms with E-state index in [1.54, 1.807) is 0 Å². The van der Waals surface area contributed by atoms with Crippen LogP contribution in [-0.4, -0.2) is 9.55 Å². The summed E-state index contributed by atoms with van der Waals surface area (Å²) in [6, 6.07) is 0. The van der Waals surface area contributed by atoms with E-state index in [9.17, 15) is 0 Å². The Balaban J connectivity index is 3.28. The van der Waals surface area contributed by atoms with Crippen molar-refractivity contribution in [2.45, 2.75) is 59.9 Å². The zero-order valence-corrected chi connectivity index (χ0v) is 10.3. The van der Waals surface area contributed by atoms with E-state index in [2.05, 4.69) is 51.1 Å². The van der Waals surface area contributed by atoms with E-state index in [1.807, 2.05) is 0 Å². The van der Waals surface area contributed by atoms with E-state index in [0.29, 0.717) is 11.8 Å². The van der Waals surface area contributed by atoms with Crippen LogP contribution in [0.2, 0.25) is 0 Å². The van der Waals surface area contributed by atoms with E-state index in [4.69, 9.17) is 0 Å². The fourth-order valence-electron chi connectivity index (χ4n) is 2.11. The quantitative estimate of drug-likeness (QED) is 0.720. The summed E-state index contributed by atoms with van der Waals surface area (Å²) in [5.74, 6) is 2.31. The van der Waals surface area contributed by atoms with Crippen molar-refractivity contribution in [3.63, 3.8) is 0 Å². The van der Waals surface area contributed by atoms with Gasteiger partial charge in [0.25, 0.3) is 0 Å². The van der Waals surface area contributed by atoms with Gasteiger partial charge >= 0.3 is 0 Å². The number of nitrogens with zero attached hydrogens (tertiary/aromatic N) is 2. The largest absolute Gasteiger partial charge is 0.332 e. The molecule has 1 aromatic rings. The first-order valence-electron chi connectivity index (χ1n) is 5.55. The second-order valence-electron chi connectivity index (χ2n) is 4.49. The Morgan fingerprint density at radius 2 is 1.71 bits per heavy atom. The monoisotopic (exact) mass is 194 g/mol. The van der Waals surface area contributed by atoms with Crippen LogP contribution < -0.4 is 0 Å². The van der Waals surface area contributed by atoms with Crippen LogP contribution in [0.1, 0.15) is 63.7 Å². The number of aromatic nitrogens is 2. The molecule has 0 amide bonds. The molecule has 1 heterocycles. The van der Waals surface area contributed by atoms with Gasteiger partial charge in [-0.1, -0.05) is 27.7 Å². The van der Waals surface area contributed by atoms with Gasteiger partial charge in [-0.25, -0.2) is 4.98 Å². The molecule has 0 aliphatic carbocycles. The van der Waals surface area contributed by atoms with Gasteiger partial charge in [0.15, 0.2) is 0 Å². The third-order valence-electron chi connectivity index (χ3n) is 2.60. The molecule has 0 radical (unpaired) electrons. The summed E-state index contributed by atoms with van der Waals surface area (Å²) < 4.78 is 2.37. The lowest BCUT2D eigenvalue weighted by molar-refractivity contribution is 0.609. The summed E-state index contributed by atoms with van der Waals surface area (Å²) in [4.78, 5) is 4.67. The van der Waals surface area contributed by atoms with Crippen molar-refractivity contribution in [1.82, 2.24) is 9.55 Å². The predicted molar refractivity (Wildman–Crippen MR) is 60.8 cm³/mol. The van der Waals surface area contributed by atoms with Gasteiger partial charge in [-0.2, -0.15) is 0 Å². The minimum Gasteiger partial charge on any atom is -0.332 e. The van der Waals surface area contributed by atoms with E-state index >= 15 is 0 Å². The van der Waals surface area contributed by atoms with Crippen LogP contribution >= 0.6 is 0 Å². The third-order valence-corrected chi connectivity index (χ3v) is 2.60. The molecule has 0 aliphatic heterocycles. The molecule has 1 rings (SSSR count). The molecule has 2 nitrogen and oxygen atoms in total. The molecule has 0 atom stereocenters. The van der Waals surface area contributed by atoms with Crippen molar-refractivity contribution in [3.8, 4) is 0 Å². The van der Waals surface area contributed by atoms with Crippen LogP contribution in [0.25, 0.3) is 0 Å². The van der Waals surface area contributed by atoms with Gasteiger partial charge < -0.3 is 4.57 Å². The highest BCUT2D eigenvalue weighted by molar-refractivity contribution is 5.20. The average Bonchev–Trinajstić information content (AvgIpc) is 2.41. The van der Waals surface area contributed by atoms with Crippen LogP contribution in [0.4, 0.5) is 0 Å². The van der Waals surface area contributed by atoms with Crippen molar-refractivity contribution in [1.29, 1.82) is 0 Å². The number of rotatable bonds is 3. The Bertz CT molecular complexity index is 308. The SMILES string of the molecule is CCn1c(C(C)C)nc(C)c1C(C)C. The lowest BCUT2D eigenvalue weighted by Gasteiger charge is -2.13. The van der Waals surface area contributed by atoms with Gasteiger partial charge in [0, 0.05) is 18.2 Å². The van der Waals surface area contributed by atoms with E-state index in [1.165, 1.54) is 17.2 Å². The first-order valence-corrected chi connectivity index (χ1v) is 5.55. The summed E-state index contributed by atoms with van der Waals surface area (Å²) in [7, 11) is 0. The lowest BCUT2D eigenvalue weighted by atomic mass is 10.1. The van der Waals surface area contributed by atoms with E-state index < -0.39 is 0 Å². The Hall–Kier alpha value is -0.790. The summed E-state index contributed by atoms with van der Waals surface area (Å²) in [6.07, 6.45) is 0. The second-order valence-corrected chi connectivity index (χ2v) is 4.49. The lowest BCUT2D eigenvalue weighted by Crippen LogP contribution is -2.08. The molecular formula is C12H22N2. The van der Waals surface area contributed by atoms with Gasteiger partial charge in [0.1, 0.15) is 5.82 Å². The highest BCUT2D eigenvalue weighted by atomic mass is 15.1. The van der Waals surface area contributed by atoms with E-state index in [-0.39, 0.29) is 0 Å². The highest BCUT2D eigenvalue weighted by Crippen LogP contribution is 2.24. The Morgan fingerprint density at radius 1 is 1.14 bits per heavy atom. The molecule has 0 saturated carbocycles. The molecule has 0 fully saturated rings. The molecule has 2 heteroatoms. The van der Waals surface area contributed by atoms with Crippen molar-refractivity contribution in [2.24, 2.45) is 0 Å². The standard InChI is InChI=1S/C12H22N2/c1-7-14-11(8(2)3)10(6)13-12(14)9(4)5/h8-9H,7H2,1-6H3. The number of hydrogen-bond acceptors (Lipinski definition) is 1. The minimum atomic E-state index is 0.515. The Labute approximate surface area is 87.4 Å². The summed E-state index contributed by atoms with van der Waals surface area (Å²) in [5, 5.41) is 0. The fraction of sp³-hybridized carbons (Fsp3) is 0.750. The van der Waals surface area contributed by atoms with Crippen LogP contribution in [0.15, 0.2) is 0 Å². The van der Waals surface area contributed by atoms with Crippen molar-refractivity contribution < 1.29 is 0 Å². The maximum atomic E-state index is 4.67. The fourth-order valence-corrected chi connectivity index (χ4v) is 2.11. The molecule has 0 saturated heterocycles. The zero-order valence-electron chi connectivity index (χ0n) is 10.3. The average molecular weight is 194 g/mol. The third kappa shape index (κ3) is 1.84. The molecule has 0 aromatic carbocycles. The molecule has 0 bridgehead atoms. The summed E-state index contributed by atoms with van der Waals surface area (Å²) >= 11 is 0. The summed E-state index contributed by atoms with van der Waals surface area (Å²) in [5.41, 5.74) is 2.60. The smallest absolute Gasteiger partial charge is 0.111 e. The Morgan fingerprint density at radius 3 is 2.07 bits per heavy atom. The molecule has 0 N–H and O–H groups in total. The predicted octanol–water partition coefficient (Wildman–Crippen LogP) is 3.46. The molecule has 0 aliphatic rings. The second kappa shape index (κ2) is 4.16. The van der Waals surface area contributed by atoms with Crippen molar-refractivity contribution >= 4 is 0 Å². The molecule has 80 valence electrons. The first-order chi connectivity index (χ1) is 6.49. The van der Waals surface area contributed by atoms with Gasteiger partial charge in [-0.3, -0.25) is 0 Å². The normalized spacial score (nSPS) is 11.7. The number of imidazole rings is 1. The minimum absolute atomic E-state index is 0.515. The molecule has 0 spiro atoms. The van der Waals surface area contributed by atoms with Gasteiger partial charge in [0.05, 0.1) is 5.69 Å². The maximum Gasteiger partial charge on any atom is 0.111 e. The number of hydrogen-bond donors (Lipinski definition) is 0. The molecule has 0 unspecified atom stereocenters. The summed E-state index contributed by atoms with van der Waals surface area (Å²) in [6.45, 7) is 14.2. The van der Waals surface area contributed by atoms with Gasteiger partial charge in [-0.05, 0) is 19.8 Å². The highest BCUT2D eigenvalue weighted by Gasteiger charge is 2.17. The molecule has 14 heavy (non-hydrogen) atoms. The van der Waals surface area contributed by atoms with Gasteiger partial charge in [-0.15, -0.1) is 0 Å². The van der Waals surface area contributed by atoms with Crippen LogP contribution in [0.3, 0.4) is 0 Å². The van der Waals surface area contributed by atoms with Crippen LogP contribution in [0, 0.1) is 6.92 Å². The van der Waals surface area contributed by atoms with Crippen LogP contribution in [0.5, 0.6) is 0 Å². The first kappa shape index (κ1) is 11.3. The number of aryl methyl sites for hydroxylation is 1. The van der Waals surface area contributed by atoms with Crippen LogP contribution in [-0.2, 0) is 6.54 Å². The van der Waals surface area contributed by atoms with Gasteiger partial charge in [0.2, 0.25) is 0 Å². The maximum absolute atomic E-state index is 4.67. The molecular weight excluding hydrogens is 172 g/mol. The topological polar surface area (TPSA) is 17.8 Å². The Kier molecular flexibility index (Phi) is 3.35. The van der Waals surface area contributed by atoms with Crippen molar-refractivity contribution in [2.75, 3.05) is 0 Å². The zero-order chi connectivity index (χ0) is 10.9. The van der Waals surface area contributed by atoms with E-state index in [0.717, 1.165) is 6.54 Å².